The van der Waals surface area contributed by atoms with Gasteiger partial charge in [0.15, 0.2) is 0 Å². The number of carboxylic acid groups (broad SMARTS) is 1. The predicted molar refractivity (Wildman–Crippen MR) is 84.9 cm³/mol. The van der Waals surface area contributed by atoms with E-state index in [1.807, 2.05) is 11.8 Å². The van der Waals surface area contributed by atoms with Gasteiger partial charge in [0.05, 0.1) is 12.1 Å². The monoisotopic (exact) mass is 322 g/mol. The molecular weight excluding hydrogens is 296 g/mol. The molecule has 2 atom stereocenters. The lowest BCUT2D eigenvalue weighted by Gasteiger charge is -2.32. The van der Waals surface area contributed by atoms with E-state index in [-0.39, 0.29) is 24.3 Å². The smallest absolute Gasteiger partial charge is 0.303 e. The third-order valence-electron chi connectivity index (χ3n) is 4.54. The Morgan fingerprint density at radius 3 is 2.61 bits per heavy atom. The van der Waals surface area contributed by atoms with Crippen molar-refractivity contribution in [2.45, 2.75) is 58.4 Å². The molecule has 7 nitrogen and oxygen atoms in total. The number of likely N-dealkylation sites (tertiary alicyclic amines) is 1. The molecule has 1 aliphatic rings. The van der Waals surface area contributed by atoms with Crippen LogP contribution in [0.25, 0.3) is 0 Å². The lowest BCUT2D eigenvalue weighted by molar-refractivity contribution is -0.138. The Bertz CT molecular complexity index is 537. The third-order valence-corrected chi connectivity index (χ3v) is 4.54. The molecule has 1 aliphatic heterocycles. The lowest BCUT2D eigenvalue weighted by atomic mass is 9.97. The van der Waals surface area contributed by atoms with Gasteiger partial charge in [0.25, 0.3) is 0 Å². The molecule has 0 spiro atoms. The van der Waals surface area contributed by atoms with Crippen molar-refractivity contribution in [3.63, 3.8) is 0 Å². The summed E-state index contributed by atoms with van der Waals surface area (Å²) in [6.45, 7) is 5.73. The maximum Gasteiger partial charge on any atom is 0.303 e. The fraction of sp³-hybridized carbons (Fsp3) is 0.750. The van der Waals surface area contributed by atoms with Crippen LogP contribution in [0.1, 0.15) is 57.7 Å². The van der Waals surface area contributed by atoms with E-state index >= 15 is 0 Å². The molecule has 7 heteroatoms. The zero-order valence-corrected chi connectivity index (χ0v) is 13.9. The van der Waals surface area contributed by atoms with Crippen LogP contribution in [0.2, 0.25) is 0 Å². The van der Waals surface area contributed by atoms with Gasteiger partial charge in [0.2, 0.25) is 5.91 Å². The summed E-state index contributed by atoms with van der Waals surface area (Å²) in [5.74, 6) is -0.602. The molecule has 1 N–H and O–H groups in total. The molecule has 1 aromatic heterocycles. The Balaban J connectivity index is 2.14. The first-order valence-corrected chi connectivity index (χ1v) is 8.44. The van der Waals surface area contributed by atoms with Crippen molar-refractivity contribution in [2.24, 2.45) is 5.92 Å². The molecule has 2 rings (SSSR count). The number of carbonyl (C=O) groups is 2. The van der Waals surface area contributed by atoms with Gasteiger partial charge in [0, 0.05) is 25.7 Å². The number of rotatable bonds is 7. The summed E-state index contributed by atoms with van der Waals surface area (Å²) in [5.41, 5.74) is 0.618. The SMILES string of the molecule is CCC(C)[C@@H](C(=O)N1CCCCC1)n1cc(CCC(=O)O)nn1. The zero-order valence-electron chi connectivity index (χ0n) is 13.9. The van der Waals surface area contributed by atoms with Gasteiger partial charge in [-0.2, -0.15) is 0 Å². The molecule has 1 saturated heterocycles. The molecule has 0 bridgehead atoms. The Hall–Kier alpha value is -1.92. The highest BCUT2D eigenvalue weighted by molar-refractivity contribution is 5.80. The Morgan fingerprint density at radius 2 is 2.00 bits per heavy atom. The van der Waals surface area contributed by atoms with Crippen molar-refractivity contribution in [3.05, 3.63) is 11.9 Å². The van der Waals surface area contributed by atoms with Gasteiger partial charge >= 0.3 is 5.97 Å². The first-order valence-electron chi connectivity index (χ1n) is 8.44. The van der Waals surface area contributed by atoms with E-state index in [0.29, 0.717) is 12.1 Å². The number of aliphatic carboxylic acids is 1. The molecule has 2 heterocycles. The van der Waals surface area contributed by atoms with E-state index in [1.165, 1.54) is 6.42 Å². The first-order chi connectivity index (χ1) is 11.0. The topological polar surface area (TPSA) is 88.3 Å². The molecule has 1 unspecified atom stereocenters. The molecule has 1 aromatic rings. The average Bonchev–Trinajstić information content (AvgIpc) is 3.02. The molecular formula is C16H26N4O3. The summed E-state index contributed by atoms with van der Waals surface area (Å²) in [6, 6.07) is -0.357. The number of carboxylic acids is 1. The zero-order chi connectivity index (χ0) is 16.8. The van der Waals surface area contributed by atoms with Crippen molar-refractivity contribution in [3.8, 4) is 0 Å². The normalized spacial score (nSPS) is 17.7. The van der Waals surface area contributed by atoms with Gasteiger partial charge in [-0.1, -0.05) is 25.5 Å². The largest absolute Gasteiger partial charge is 0.481 e. The minimum Gasteiger partial charge on any atom is -0.481 e. The average molecular weight is 322 g/mol. The molecule has 23 heavy (non-hydrogen) atoms. The standard InChI is InChI=1S/C16H26N4O3/c1-3-12(2)15(16(23)19-9-5-4-6-10-19)20-11-13(17-18-20)7-8-14(21)22/h11-12,15H,3-10H2,1-2H3,(H,21,22)/t12?,15-/m0/s1. The number of nitrogens with zero attached hydrogens (tertiary/aromatic N) is 4. The van der Waals surface area contributed by atoms with Crippen molar-refractivity contribution in [2.75, 3.05) is 13.1 Å². The predicted octanol–water partition coefficient (Wildman–Crippen LogP) is 1.90. The van der Waals surface area contributed by atoms with Crippen LogP contribution in [-0.4, -0.2) is 50.0 Å². The number of carbonyl (C=O) groups excluding carboxylic acids is 1. The van der Waals surface area contributed by atoms with Crippen LogP contribution in [0.4, 0.5) is 0 Å². The van der Waals surface area contributed by atoms with Gasteiger partial charge in [-0.3, -0.25) is 9.59 Å². The van der Waals surface area contributed by atoms with Gasteiger partial charge in [0.1, 0.15) is 6.04 Å². The van der Waals surface area contributed by atoms with Gasteiger partial charge in [-0.15, -0.1) is 5.10 Å². The summed E-state index contributed by atoms with van der Waals surface area (Å²) in [6.07, 6.45) is 6.24. The summed E-state index contributed by atoms with van der Waals surface area (Å²) in [5, 5.41) is 16.9. The van der Waals surface area contributed by atoms with Gasteiger partial charge < -0.3 is 10.0 Å². The highest BCUT2D eigenvalue weighted by Gasteiger charge is 2.31. The van der Waals surface area contributed by atoms with E-state index in [0.717, 1.165) is 32.4 Å². The van der Waals surface area contributed by atoms with Crippen molar-refractivity contribution in [1.29, 1.82) is 0 Å². The number of piperidine rings is 1. The second kappa shape index (κ2) is 8.08. The van der Waals surface area contributed by atoms with E-state index < -0.39 is 5.97 Å². The Kier molecular flexibility index (Phi) is 6.12. The second-order valence-corrected chi connectivity index (χ2v) is 6.30. The van der Waals surface area contributed by atoms with E-state index in [4.69, 9.17) is 5.11 Å². The Labute approximate surface area is 136 Å². The highest BCUT2D eigenvalue weighted by Crippen LogP contribution is 2.25. The molecule has 128 valence electrons. The molecule has 0 aromatic carbocycles. The van der Waals surface area contributed by atoms with Gasteiger partial charge in [-0.25, -0.2) is 4.68 Å². The summed E-state index contributed by atoms with van der Waals surface area (Å²) < 4.78 is 1.63. The van der Waals surface area contributed by atoms with Crippen molar-refractivity contribution < 1.29 is 14.7 Å². The Morgan fingerprint density at radius 1 is 1.30 bits per heavy atom. The number of hydrogen-bond acceptors (Lipinski definition) is 4. The van der Waals surface area contributed by atoms with Crippen molar-refractivity contribution in [1.82, 2.24) is 19.9 Å². The van der Waals surface area contributed by atoms with Crippen LogP contribution in [0.3, 0.4) is 0 Å². The first kappa shape index (κ1) is 17.4. The molecule has 1 fully saturated rings. The summed E-state index contributed by atoms with van der Waals surface area (Å²) in [7, 11) is 0. The lowest BCUT2D eigenvalue weighted by Crippen LogP contribution is -2.42. The van der Waals surface area contributed by atoms with Gasteiger partial charge in [-0.05, 0) is 25.2 Å². The maximum absolute atomic E-state index is 12.9. The van der Waals surface area contributed by atoms with E-state index in [9.17, 15) is 9.59 Å². The minimum atomic E-state index is -0.859. The van der Waals surface area contributed by atoms with E-state index in [1.54, 1.807) is 10.9 Å². The summed E-state index contributed by atoms with van der Waals surface area (Å²) in [4.78, 5) is 25.5. The van der Waals surface area contributed by atoms with Crippen LogP contribution in [0.5, 0.6) is 0 Å². The highest BCUT2D eigenvalue weighted by atomic mass is 16.4. The molecule has 0 radical (unpaired) electrons. The third kappa shape index (κ3) is 4.53. The van der Waals surface area contributed by atoms with E-state index in [2.05, 4.69) is 17.2 Å². The van der Waals surface area contributed by atoms with Crippen LogP contribution >= 0.6 is 0 Å². The number of aryl methyl sites for hydroxylation is 1. The number of amides is 1. The molecule has 0 saturated carbocycles. The quantitative estimate of drug-likeness (QED) is 0.828. The van der Waals surface area contributed by atoms with Crippen LogP contribution in [-0.2, 0) is 16.0 Å². The number of hydrogen-bond donors (Lipinski definition) is 1. The maximum atomic E-state index is 12.9. The van der Waals surface area contributed by atoms with Crippen molar-refractivity contribution >= 4 is 11.9 Å². The van der Waals surface area contributed by atoms with Crippen LogP contribution in [0, 0.1) is 5.92 Å². The van der Waals surface area contributed by atoms with Crippen LogP contribution in [0.15, 0.2) is 6.20 Å². The summed E-state index contributed by atoms with van der Waals surface area (Å²) >= 11 is 0. The minimum absolute atomic E-state index is 0.0206. The fourth-order valence-corrected chi connectivity index (χ4v) is 2.94. The second-order valence-electron chi connectivity index (χ2n) is 6.30. The fourth-order valence-electron chi connectivity index (χ4n) is 2.94. The molecule has 0 aliphatic carbocycles. The molecule has 1 amide bonds. The van der Waals surface area contributed by atoms with Crippen LogP contribution < -0.4 is 0 Å². The number of aromatic nitrogens is 3.